The smallest absolute Gasteiger partial charge is 0.307 e. The van der Waals surface area contributed by atoms with Crippen LogP contribution in [0.1, 0.15) is 68.1 Å². The first-order chi connectivity index (χ1) is 15.2. The van der Waals surface area contributed by atoms with Crippen molar-refractivity contribution in [1.29, 1.82) is 0 Å². The molecule has 1 aliphatic heterocycles. The van der Waals surface area contributed by atoms with E-state index < -0.39 is 5.91 Å². The van der Waals surface area contributed by atoms with Crippen LogP contribution in [0, 0.1) is 0 Å². The number of halogens is 2. The second-order valence-electron chi connectivity index (χ2n) is 8.99. The zero-order valence-electron chi connectivity index (χ0n) is 18.7. The van der Waals surface area contributed by atoms with Gasteiger partial charge in [-0.05, 0) is 74.6 Å². The van der Waals surface area contributed by atoms with Gasteiger partial charge in [0, 0.05) is 33.2 Å². The quantitative estimate of drug-likeness (QED) is 0.290. The van der Waals surface area contributed by atoms with Crippen LogP contribution in [0.4, 0.5) is 5.69 Å². The summed E-state index contributed by atoms with van der Waals surface area (Å²) in [6, 6.07) is 11.4. The molecule has 2 heterocycles. The second-order valence-corrected chi connectivity index (χ2v) is 10.3. The summed E-state index contributed by atoms with van der Waals surface area (Å²) in [6.07, 6.45) is 3.73. The van der Waals surface area contributed by atoms with Gasteiger partial charge in [0.2, 0.25) is 0 Å². The molecule has 1 unspecified atom stereocenters. The molecule has 1 aromatic heterocycles. The van der Waals surface area contributed by atoms with E-state index in [9.17, 15) is 4.79 Å². The van der Waals surface area contributed by atoms with Crippen LogP contribution < -0.4 is 10.3 Å². The highest BCUT2D eigenvalue weighted by molar-refractivity contribution is 9.10. The number of carbonyl (C=O) groups is 1. The van der Waals surface area contributed by atoms with Crippen molar-refractivity contribution in [3.63, 3.8) is 0 Å². The number of hydrazone groups is 1. The lowest BCUT2D eigenvalue weighted by Gasteiger charge is -2.47. The fourth-order valence-corrected chi connectivity index (χ4v) is 5.19. The van der Waals surface area contributed by atoms with Crippen LogP contribution in [0.2, 0.25) is 5.02 Å². The minimum atomic E-state index is -0.410. The van der Waals surface area contributed by atoms with Crippen LogP contribution in [0.15, 0.2) is 50.4 Å². The molecule has 3 aromatic rings. The van der Waals surface area contributed by atoms with E-state index in [2.05, 4.69) is 65.1 Å². The van der Waals surface area contributed by atoms with Crippen LogP contribution in [0.3, 0.4) is 0 Å². The molecule has 0 spiro atoms. The van der Waals surface area contributed by atoms with Gasteiger partial charge in [-0.15, -0.1) is 0 Å². The third-order valence-corrected chi connectivity index (χ3v) is 6.84. The predicted molar refractivity (Wildman–Crippen MR) is 135 cm³/mol. The van der Waals surface area contributed by atoms with Crippen molar-refractivity contribution in [1.82, 2.24) is 5.43 Å². The minimum Gasteiger partial charge on any atom is -0.451 e. The van der Waals surface area contributed by atoms with E-state index in [4.69, 9.17) is 16.0 Å². The van der Waals surface area contributed by atoms with Gasteiger partial charge in [0.25, 0.3) is 0 Å². The molecule has 0 aliphatic carbocycles. The van der Waals surface area contributed by atoms with Crippen LogP contribution in [0.25, 0.3) is 11.0 Å². The van der Waals surface area contributed by atoms with Gasteiger partial charge in [-0.25, -0.2) is 5.43 Å². The third-order valence-electron chi connectivity index (χ3n) is 6.02. The first-order valence-electron chi connectivity index (χ1n) is 10.8. The largest absolute Gasteiger partial charge is 0.451 e. The Morgan fingerprint density at radius 1 is 1.34 bits per heavy atom. The lowest BCUT2D eigenvalue weighted by Crippen LogP contribution is -2.48. The van der Waals surface area contributed by atoms with Crippen LogP contribution in [-0.2, 0) is 0 Å². The fraction of sp³-hybridized carbons (Fsp3) is 0.360. The van der Waals surface area contributed by atoms with Crippen molar-refractivity contribution < 1.29 is 9.21 Å². The van der Waals surface area contributed by atoms with Crippen LogP contribution in [0.5, 0.6) is 0 Å². The zero-order chi connectivity index (χ0) is 23.0. The summed E-state index contributed by atoms with van der Waals surface area (Å²) < 4.78 is 6.54. The number of fused-ring (bicyclic) bond motifs is 2. The molecule has 0 saturated heterocycles. The van der Waals surface area contributed by atoms with Gasteiger partial charge >= 0.3 is 5.91 Å². The van der Waals surface area contributed by atoms with Gasteiger partial charge < -0.3 is 9.32 Å². The maximum atomic E-state index is 12.5. The zero-order valence-corrected chi connectivity index (χ0v) is 21.0. The van der Waals surface area contributed by atoms with E-state index in [1.54, 1.807) is 12.3 Å². The molecule has 2 aromatic carbocycles. The summed E-state index contributed by atoms with van der Waals surface area (Å²) in [5.74, 6) is 0.201. The first kappa shape index (κ1) is 22.9. The van der Waals surface area contributed by atoms with Gasteiger partial charge in [0.05, 0.1) is 11.2 Å². The molecule has 0 radical (unpaired) electrons. The van der Waals surface area contributed by atoms with Crippen LogP contribution in [-0.4, -0.2) is 24.2 Å². The number of furan rings is 1. The number of hydrogen-bond donors (Lipinski definition) is 1. The van der Waals surface area contributed by atoms with Crippen LogP contribution >= 0.6 is 27.5 Å². The van der Waals surface area contributed by atoms with Crippen molar-refractivity contribution in [3.05, 3.63) is 62.8 Å². The van der Waals surface area contributed by atoms with E-state index in [1.165, 1.54) is 11.3 Å². The Hall–Kier alpha value is -2.31. The molecular weight excluding hydrogens is 490 g/mol. The number of carbonyl (C=O) groups excluding carboxylic acids is 1. The maximum Gasteiger partial charge on any atom is 0.307 e. The van der Waals surface area contributed by atoms with Crippen molar-refractivity contribution in [2.75, 3.05) is 11.4 Å². The fourth-order valence-electron chi connectivity index (χ4n) is 4.61. The van der Waals surface area contributed by atoms with Crippen molar-refractivity contribution in [2.45, 2.75) is 52.0 Å². The highest BCUT2D eigenvalue weighted by Crippen LogP contribution is 2.45. The summed E-state index contributed by atoms with van der Waals surface area (Å²) >= 11 is 10.0. The lowest BCUT2D eigenvalue weighted by molar-refractivity contribution is 0.0929. The Balaban J connectivity index is 1.55. The van der Waals surface area contributed by atoms with Gasteiger partial charge in [-0.1, -0.05) is 41.4 Å². The van der Waals surface area contributed by atoms with Gasteiger partial charge in [-0.3, -0.25) is 4.79 Å². The molecule has 168 valence electrons. The summed E-state index contributed by atoms with van der Waals surface area (Å²) in [5, 5.41) is 5.59. The number of rotatable bonds is 5. The number of benzene rings is 2. The number of nitrogens with one attached hydrogen (secondary N) is 1. The molecule has 1 amide bonds. The predicted octanol–water partition coefficient (Wildman–Crippen LogP) is 7.11. The topological polar surface area (TPSA) is 57.8 Å². The van der Waals surface area contributed by atoms with Crippen molar-refractivity contribution in [2.24, 2.45) is 5.10 Å². The van der Waals surface area contributed by atoms with Crippen molar-refractivity contribution in [3.8, 4) is 0 Å². The van der Waals surface area contributed by atoms with E-state index in [0.717, 1.165) is 34.8 Å². The molecule has 4 rings (SSSR count). The molecule has 0 fully saturated rings. The summed E-state index contributed by atoms with van der Waals surface area (Å²) in [5.41, 5.74) is 6.50. The normalized spacial score (nSPS) is 17.7. The maximum absolute atomic E-state index is 12.5. The molecule has 0 saturated carbocycles. The molecule has 1 aliphatic rings. The van der Waals surface area contributed by atoms with Gasteiger partial charge in [-0.2, -0.15) is 5.10 Å². The molecule has 32 heavy (non-hydrogen) atoms. The first-order valence-corrected chi connectivity index (χ1v) is 12.0. The number of amides is 1. The highest BCUT2D eigenvalue weighted by atomic mass is 79.9. The average Bonchev–Trinajstić information content (AvgIpc) is 3.14. The Morgan fingerprint density at radius 2 is 2.12 bits per heavy atom. The van der Waals surface area contributed by atoms with E-state index >= 15 is 0 Å². The second kappa shape index (κ2) is 8.91. The van der Waals surface area contributed by atoms with Crippen molar-refractivity contribution >= 4 is 56.3 Å². The lowest BCUT2D eigenvalue weighted by atomic mass is 9.79. The molecule has 1 N–H and O–H groups in total. The minimum absolute atomic E-state index is 0.0809. The standard InChI is InChI=1S/C25H27BrClN3O2/c1-5-8-30-21-12-20(27)17(10-19(21)15(2)13-25(30,3)4)14-28-29-24(31)23-11-16-9-18(26)6-7-22(16)32-23/h6-7,9-12,14-15H,5,8,13H2,1-4H3,(H,29,31)/b28-14+. The van der Waals surface area contributed by atoms with E-state index in [1.807, 2.05) is 24.3 Å². The number of nitrogens with zero attached hydrogens (tertiary/aromatic N) is 2. The number of hydrogen-bond acceptors (Lipinski definition) is 4. The Bertz CT molecular complexity index is 1200. The summed E-state index contributed by atoms with van der Waals surface area (Å²) in [6.45, 7) is 10.0. The summed E-state index contributed by atoms with van der Waals surface area (Å²) in [7, 11) is 0. The van der Waals surface area contributed by atoms with E-state index in [-0.39, 0.29) is 11.3 Å². The Morgan fingerprint density at radius 3 is 2.88 bits per heavy atom. The number of anilines is 1. The highest BCUT2D eigenvalue weighted by Gasteiger charge is 2.36. The Labute approximate surface area is 201 Å². The molecule has 7 heteroatoms. The molecule has 0 bridgehead atoms. The third kappa shape index (κ3) is 4.44. The summed E-state index contributed by atoms with van der Waals surface area (Å²) in [4.78, 5) is 14.9. The monoisotopic (exact) mass is 515 g/mol. The average molecular weight is 517 g/mol. The molecule has 1 atom stereocenters. The van der Waals surface area contributed by atoms with Gasteiger partial charge in [0.15, 0.2) is 5.76 Å². The SMILES string of the molecule is CCCN1c2cc(Cl)c(/C=N/NC(=O)c3cc4cc(Br)ccc4o3)cc2C(C)CC1(C)C. The molecule has 5 nitrogen and oxygen atoms in total. The Kier molecular flexibility index (Phi) is 6.37. The molecular formula is C25H27BrClN3O2. The van der Waals surface area contributed by atoms with Gasteiger partial charge in [0.1, 0.15) is 5.58 Å². The van der Waals surface area contributed by atoms with E-state index in [0.29, 0.717) is 16.5 Å².